The molecule has 0 saturated carbocycles. The van der Waals surface area contributed by atoms with Crippen molar-refractivity contribution in [1.29, 1.82) is 5.41 Å². The smallest absolute Gasteiger partial charge is 0.226 e. The van der Waals surface area contributed by atoms with Crippen LogP contribution in [0.2, 0.25) is 0 Å². The number of hydrogen-bond donors (Lipinski definition) is 3. The Morgan fingerprint density at radius 3 is 2.62 bits per heavy atom. The van der Waals surface area contributed by atoms with Gasteiger partial charge in [0, 0.05) is 52.3 Å². The molecule has 0 atom stereocenters. The highest BCUT2D eigenvalue weighted by atomic mass is 32.2. The first kappa shape index (κ1) is 28.6. The molecule has 11 heteroatoms. The lowest BCUT2D eigenvalue weighted by atomic mass is 9.99. The molecule has 1 fully saturated rings. The van der Waals surface area contributed by atoms with Crippen molar-refractivity contribution in [2.75, 3.05) is 53.7 Å². The third-order valence-corrected chi connectivity index (χ3v) is 7.75. The van der Waals surface area contributed by atoms with Gasteiger partial charge in [-0.05, 0) is 35.2 Å². The number of amides is 1. The van der Waals surface area contributed by atoms with E-state index >= 15 is 0 Å². The van der Waals surface area contributed by atoms with Crippen LogP contribution in [0.4, 0.5) is 0 Å². The highest BCUT2D eigenvalue weighted by Gasteiger charge is 2.24. The molecule has 0 unspecified atom stereocenters. The SMILES string of the molecule is CNC(=N)NC(=O)CCc1ccc(-c2cccc(CS(=O)(=O)N3CCOCC3)c2)c(OCCCOC)c1. The summed E-state index contributed by atoms with van der Waals surface area (Å²) >= 11 is 0. The van der Waals surface area contributed by atoms with Gasteiger partial charge in [0.2, 0.25) is 15.9 Å². The second-order valence-electron chi connectivity index (χ2n) is 8.67. The van der Waals surface area contributed by atoms with Gasteiger partial charge in [0.25, 0.3) is 0 Å². The lowest BCUT2D eigenvalue weighted by Gasteiger charge is -2.26. The molecule has 0 aromatic heterocycles. The molecule has 3 N–H and O–H groups in total. The largest absolute Gasteiger partial charge is 0.493 e. The highest BCUT2D eigenvalue weighted by Crippen LogP contribution is 2.32. The van der Waals surface area contributed by atoms with E-state index in [1.165, 1.54) is 4.31 Å². The highest BCUT2D eigenvalue weighted by molar-refractivity contribution is 7.88. The number of aryl methyl sites for hydroxylation is 1. The summed E-state index contributed by atoms with van der Waals surface area (Å²) in [5.74, 6) is 0.281. The van der Waals surface area contributed by atoms with Crippen LogP contribution in [0.15, 0.2) is 42.5 Å². The first-order chi connectivity index (χ1) is 17.8. The van der Waals surface area contributed by atoms with Crippen LogP contribution in [-0.2, 0) is 36.5 Å². The summed E-state index contributed by atoms with van der Waals surface area (Å²) in [4.78, 5) is 12.1. The monoisotopic (exact) mass is 532 g/mol. The van der Waals surface area contributed by atoms with Crippen LogP contribution in [0.1, 0.15) is 24.0 Å². The van der Waals surface area contributed by atoms with E-state index in [1.54, 1.807) is 14.2 Å². The lowest BCUT2D eigenvalue weighted by molar-refractivity contribution is -0.119. The number of guanidine groups is 1. The normalized spacial score (nSPS) is 14.2. The number of nitrogens with zero attached hydrogens (tertiary/aromatic N) is 1. The molecule has 0 bridgehead atoms. The number of hydrogen-bond acceptors (Lipinski definition) is 7. The number of rotatable bonds is 12. The second-order valence-corrected chi connectivity index (χ2v) is 10.6. The summed E-state index contributed by atoms with van der Waals surface area (Å²) in [5.41, 5.74) is 3.31. The Morgan fingerprint density at radius 2 is 1.89 bits per heavy atom. The minimum atomic E-state index is -3.45. The molecule has 202 valence electrons. The summed E-state index contributed by atoms with van der Waals surface area (Å²) in [7, 11) is -0.237. The van der Waals surface area contributed by atoms with Crippen LogP contribution in [0.3, 0.4) is 0 Å². The molecule has 1 aliphatic heterocycles. The third kappa shape index (κ3) is 8.81. The third-order valence-electron chi connectivity index (χ3n) is 5.90. The van der Waals surface area contributed by atoms with Crippen molar-refractivity contribution in [2.45, 2.75) is 25.0 Å². The standard InChI is InChI=1S/C26H36N4O6S/c1-28-26(27)29-25(31)10-8-20-7-9-23(24(18-20)36-14-4-13-34-2)22-6-3-5-21(17-22)19-37(32,33)30-11-15-35-16-12-30/h3,5-7,9,17-18H,4,8,10-16,19H2,1-2H3,(H3,27,28,29,31). The van der Waals surface area contributed by atoms with Crippen molar-refractivity contribution < 1.29 is 27.4 Å². The quantitative estimate of drug-likeness (QED) is 0.217. The predicted molar refractivity (Wildman–Crippen MR) is 142 cm³/mol. The van der Waals surface area contributed by atoms with Gasteiger partial charge in [0.1, 0.15) is 5.75 Å². The van der Waals surface area contributed by atoms with Crippen LogP contribution in [0.5, 0.6) is 5.75 Å². The second kappa shape index (κ2) is 14.1. The Hall–Kier alpha value is -2.99. The van der Waals surface area contributed by atoms with Gasteiger partial charge < -0.3 is 19.5 Å². The van der Waals surface area contributed by atoms with E-state index in [-0.39, 0.29) is 24.0 Å². The Balaban J connectivity index is 1.79. The van der Waals surface area contributed by atoms with E-state index in [2.05, 4.69) is 10.6 Å². The topological polar surface area (TPSA) is 130 Å². The van der Waals surface area contributed by atoms with Gasteiger partial charge in [-0.2, -0.15) is 4.31 Å². The summed E-state index contributed by atoms with van der Waals surface area (Å²) in [6.07, 6.45) is 1.42. The van der Waals surface area contributed by atoms with Gasteiger partial charge in [0.05, 0.1) is 25.6 Å². The maximum absolute atomic E-state index is 12.9. The van der Waals surface area contributed by atoms with E-state index < -0.39 is 10.0 Å². The van der Waals surface area contributed by atoms with Crippen LogP contribution in [0.25, 0.3) is 11.1 Å². The number of benzene rings is 2. The molecule has 1 amide bonds. The van der Waals surface area contributed by atoms with Crippen LogP contribution < -0.4 is 15.4 Å². The van der Waals surface area contributed by atoms with Gasteiger partial charge in [-0.3, -0.25) is 15.5 Å². The number of ether oxygens (including phenoxy) is 3. The lowest BCUT2D eigenvalue weighted by Crippen LogP contribution is -2.41. The van der Waals surface area contributed by atoms with Crippen molar-refractivity contribution in [2.24, 2.45) is 0 Å². The molecule has 2 aromatic carbocycles. The maximum atomic E-state index is 12.9. The molecule has 0 spiro atoms. The first-order valence-electron chi connectivity index (χ1n) is 12.3. The Kier molecular flexibility index (Phi) is 10.9. The molecule has 0 radical (unpaired) electrons. The van der Waals surface area contributed by atoms with Crippen molar-refractivity contribution in [3.8, 4) is 16.9 Å². The van der Waals surface area contributed by atoms with Crippen molar-refractivity contribution >= 4 is 21.9 Å². The van der Waals surface area contributed by atoms with Crippen molar-refractivity contribution in [3.05, 3.63) is 53.6 Å². The Bertz CT molecular complexity index is 1170. The zero-order valence-electron chi connectivity index (χ0n) is 21.4. The number of methoxy groups -OCH3 is 1. The van der Waals surface area contributed by atoms with Gasteiger partial charge in [-0.1, -0.05) is 30.3 Å². The fraction of sp³-hybridized carbons (Fsp3) is 0.462. The number of morpholine rings is 1. The molecule has 37 heavy (non-hydrogen) atoms. The molecule has 3 rings (SSSR count). The molecule has 1 aliphatic rings. The van der Waals surface area contributed by atoms with Crippen LogP contribution >= 0.6 is 0 Å². The van der Waals surface area contributed by atoms with Gasteiger partial charge >= 0.3 is 0 Å². The summed E-state index contributed by atoms with van der Waals surface area (Å²) in [6, 6.07) is 13.3. The summed E-state index contributed by atoms with van der Waals surface area (Å²) in [5, 5.41) is 12.6. The minimum absolute atomic E-state index is 0.0435. The average molecular weight is 533 g/mol. The molecule has 1 heterocycles. The first-order valence-corrected chi connectivity index (χ1v) is 13.9. The minimum Gasteiger partial charge on any atom is -0.493 e. The van der Waals surface area contributed by atoms with Gasteiger partial charge in [-0.15, -0.1) is 0 Å². The molecule has 10 nitrogen and oxygen atoms in total. The Morgan fingerprint density at radius 1 is 1.11 bits per heavy atom. The number of sulfonamides is 1. The van der Waals surface area contributed by atoms with Crippen LogP contribution in [0, 0.1) is 5.41 Å². The van der Waals surface area contributed by atoms with E-state index in [1.807, 2.05) is 42.5 Å². The predicted octanol–water partition coefficient (Wildman–Crippen LogP) is 2.13. The zero-order chi connectivity index (χ0) is 26.7. The fourth-order valence-corrected chi connectivity index (χ4v) is 5.43. The van der Waals surface area contributed by atoms with E-state index in [4.69, 9.17) is 19.6 Å². The van der Waals surface area contributed by atoms with E-state index in [9.17, 15) is 13.2 Å². The van der Waals surface area contributed by atoms with E-state index in [0.29, 0.717) is 63.7 Å². The zero-order valence-corrected chi connectivity index (χ0v) is 22.2. The summed E-state index contributed by atoms with van der Waals surface area (Å²) < 4.78 is 43.8. The Labute approximate surface area is 218 Å². The molecule has 2 aromatic rings. The van der Waals surface area contributed by atoms with Gasteiger partial charge in [-0.25, -0.2) is 8.42 Å². The fourth-order valence-electron chi connectivity index (χ4n) is 3.94. The van der Waals surface area contributed by atoms with Crippen molar-refractivity contribution in [1.82, 2.24) is 14.9 Å². The van der Waals surface area contributed by atoms with E-state index in [0.717, 1.165) is 16.7 Å². The number of carbonyl (C=O) groups is 1. The maximum Gasteiger partial charge on any atom is 0.226 e. The summed E-state index contributed by atoms with van der Waals surface area (Å²) in [6.45, 7) is 2.59. The molecule has 1 saturated heterocycles. The molecular formula is C26H36N4O6S. The average Bonchev–Trinajstić information content (AvgIpc) is 2.90. The molecule has 0 aliphatic carbocycles. The van der Waals surface area contributed by atoms with Crippen molar-refractivity contribution in [3.63, 3.8) is 0 Å². The number of nitrogens with one attached hydrogen (secondary N) is 3. The number of carbonyl (C=O) groups excluding carboxylic acids is 1. The van der Waals surface area contributed by atoms with Crippen LogP contribution in [-0.4, -0.2) is 78.3 Å². The van der Waals surface area contributed by atoms with Gasteiger partial charge in [0.15, 0.2) is 5.96 Å². The molecular weight excluding hydrogens is 496 g/mol.